The molecule has 2 aromatic rings. The molecule has 2 aromatic carbocycles. The minimum absolute atomic E-state index is 0.144. The summed E-state index contributed by atoms with van der Waals surface area (Å²) in [4.78, 5) is 12.4. The Morgan fingerprint density at radius 2 is 1.56 bits per heavy atom. The summed E-state index contributed by atoms with van der Waals surface area (Å²) in [6.07, 6.45) is -3.47. The van der Waals surface area contributed by atoms with Gasteiger partial charge in [-0.15, -0.1) is 0 Å². The molecule has 5 heteroatoms. The summed E-state index contributed by atoms with van der Waals surface area (Å²) in [5, 5.41) is 2.92. The summed E-state index contributed by atoms with van der Waals surface area (Å²) >= 11 is 0. The van der Waals surface area contributed by atoms with Gasteiger partial charge in [0.2, 0.25) is 0 Å². The van der Waals surface area contributed by atoms with Crippen molar-refractivity contribution in [3.05, 3.63) is 70.8 Å². The van der Waals surface area contributed by atoms with Gasteiger partial charge in [0.25, 0.3) is 5.91 Å². The first-order chi connectivity index (χ1) is 11.7. The maximum atomic E-state index is 12.6. The quantitative estimate of drug-likeness (QED) is 0.770. The molecular weight excluding hydrogens is 327 g/mol. The fourth-order valence-corrected chi connectivity index (χ4v) is 2.63. The summed E-state index contributed by atoms with van der Waals surface area (Å²) in [5.41, 5.74) is 1.64. The third-order valence-electron chi connectivity index (χ3n) is 4.17. The van der Waals surface area contributed by atoms with E-state index in [2.05, 4.69) is 12.2 Å². The standard InChI is InChI=1S/C20H22F3NO/c1-4-14-5-7-15(8-6-14)18(13(2)3)24-19(25)16-9-11-17(12-10-16)20(21,22)23/h5-13,18H,4H2,1-3H3,(H,24,25)/t18-/m0/s1. The Morgan fingerprint density at radius 3 is 2.00 bits per heavy atom. The highest BCUT2D eigenvalue weighted by Gasteiger charge is 2.30. The zero-order valence-corrected chi connectivity index (χ0v) is 14.5. The van der Waals surface area contributed by atoms with Crippen LogP contribution >= 0.6 is 0 Å². The van der Waals surface area contributed by atoms with Gasteiger partial charge < -0.3 is 5.32 Å². The molecule has 25 heavy (non-hydrogen) atoms. The van der Waals surface area contributed by atoms with Crippen LogP contribution in [-0.4, -0.2) is 5.91 Å². The molecule has 1 atom stereocenters. The number of aryl methyl sites for hydroxylation is 1. The molecule has 0 heterocycles. The minimum atomic E-state index is -4.41. The molecule has 0 fully saturated rings. The molecule has 0 spiro atoms. The Kier molecular flexibility index (Phi) is 5.88. The molecule has 0 aliphatic rings. The van der Waals surface area contributed by atoms with Crippen LogP contribution in [0.1, 0.15) is 53.9 Å². The SMILES string of the molecule is CCc1ccc([C@@H](NC(=O)c2ccc(C(F)(F)F)cc2)C(C)C)cc1. The monoisotopic (exact) mass is 349 g/mol. The van der Waals surface area contributed by atoms with E-state index >= 15 is 0 Å². The molecule has 0 aromatic heterocycles. The number of nitrogens with one attached hydrogen (secondary N) is 1. The first-order valence-electron chi connectivity index (χ1n) is 8.29. The molecule has 0 radical (unpaired) electrons. The fourth-order valence-electron chi connectivity index (χ4n) is 2.63. The molecule has 0 bridgehead atoms. The lowest BCUT2D eigenvalue weighted by Gasteiger charge is -2.23. The zero-order chi connectivity index (χ0) is 18.6. The van der Waals surface area contributed by atoms with Crippen LogP contribution in [0, 0.1) is 5.92 Å². The molecule has 0 aliphatic heterocycles. The van der Waals surface area contributed by atoms with Crippen LogP contribution in [-0.2, 0) is 12.6 Å². The number of halogens is 3. The summed E-state index contributed by atoms with van der Waals surface area (Å²) < 4.78 is 37.9. The molecule has 0 aliphatic carbocycles. The van der Waals surface area contributed by atoms with Crippen molar-refractivity contribution in [2.45, 2.75) is 39.4 Å². The summed E-state index contributed by atoms with van der Waals surface area (Å²) in [5.74, 6) is -0.238. The van der Waals surface area contributed by atoms with E-state index < -0.39 is 11.7 Å². The van der Waals surface area contributed by atoms with Crippen molar-refractivity contribution in [3.63, 3.8) is 0 Å². The van der Waals surface area contributed by atoms with Crippen molar-refractivity contribution in [2.24, 2.45) is 5.92 Å². The predicted molar refractivity (Wildman–Crippen MR) is 92.3 cm³/mol. The lowest BCUT2D eigenvalue weighted by atomic mass is 9.94. The number of carbonyl (C=O) groups excluding carboxylic acids is 1. The number of benzene rings is 2. The smallest absolute Gasteiger partial charge is 0.345 e. The summed E-state index contributed by atoms with van der Waals surface area (Å²) in [7, 11) is 0. The average Bonchev–Trinajstić information content (AvgIpc) is 2.58. The van der Waals surface area contributed by atoms with Crippen molar-refractivity contribution >= 4 is 5.91 Å². The second kappa shape index (κ2) is 7.72. The topological polar surface area (TPSA) is 29.1 Å². The van der Waals surface area contributed by atoms with Gasteiger partial charge in [-0.3, -0.25) is 4.79 Å². The van der Waals surface area contributed by atoms with Gasteiger partial charge in [0, 0.05) is 5.56 Å². The minimum Gasteiger partial charge on any atom is -0.345 e. The average molecular weight is 349 g/mol. The van der Waals surface area contributed by atoms with E-state index in [0.29, 0.717) is 0 Å². The van der Waals surface area contributed by atoms with Gasteiger partial charge in [-0.05, 0) is 47.7 Å². The Labute approximate surface area is 146 Å². The molecule has 0 saturated carbocycles. The molecule has 2 rings (SSSR count). The maximum Gasteiger partial charge on any atom is 0.416 e. The predicted octanol–water partition coefficient (Wildman–Crippen LogP) is 5.39. The Morgan fingerprint density at radius 1 is 1.00 bits per heavy atom. The largest absolute Gasteiger partial charge is 0.416 e. The van der Waals surface area contributed by atoms with Gasteiger partial charge >= 0.3 is 6.18 Å². The highest BCUT2D eigenvalue weighted by molar-refractivity contribution is 5.94. The van der Waals surface area contributed by atoms with E-state index in [9.17, 15) is 18.0 Å². The van der Waals surface area contributed by atoms with E-state index in [4.69, 9.17) is 0 Å². The van der Waals surface area contributed by atoms with Gasteiger partial charge in [0.15, 0.2) is 0 Å². The van der Waals surface area contributed by atoms with Gasteiger partial charge in [-0.2, -0.15) is 13.2 Å². The van der Waals surface area contributed by atoms with Crippen molar-refractivity contribution in [2.75, 3.05) is 0 Å². The fraction of sp³-hybridized carbons (Fsp3) is 0.350. The van der Waals surface area contributed by atoms with Gasteiger partial charge in [-0.1, -0.05) is 45.0 Å². The number of hydrogen-bond donors (Lipinski definition) is 1. The summed E-state index contributed by atoms with van der Waals surface area (Å²) in [6, 6.07) is 12.1. The number of carbonyl (C=O) groups is 1. The Hall–Kier alpha value is -2.30. The van der Waals surface area contributed by atoms with Gasteiger partial charge in [-0.25, -0.2) is 0 Å². The van der Waals surface area contributed by atoms with Crippen molar-refractivity contribution in [3.8, 4) is 0 Å². The number of hydrogen-bond acceptors (Lipinski definition) is 1. The summed E-state index contributed by atoms with van der Waals surface area (Å²) in [6.45, 7) is 6.05. The molecule has 0 saturated heterocycles. The van der Waals surface area contributed by atoms with E-state index in [-0.39, 0.29) is 23.4 Å². The van der Waals surface area contributed by atoms with Crippen molar-refractivity contribution in [1.82, 2.24) is 5.32 Å². The Balaban J connectivity index is 2.17. The number of rotatable bonds is 5. The third-order valence-corrected chi connectivity index (χ3v) is 4.17. The molecule has 1 amide bonds. The second-order valence-corrected chi connectivity index (χ2v) is 6.37. The van der Waals surface area contributed by atoms with Gasteiger partial charge in [0.1, 0.15) is 0 Å². The molecular formula is C20H22F3NO. The maximum absolute atomic E-state index is 12.6. The van der Waals surface area contributed by atoms with Crippen LogP contribution in [0.15, 0.2) is 48.5 Å². The second-order valence-electron chi connectivity index (χ2n) is 6.37. The molecule has 0 unspecified atom stereocenters. The van der Waals surface area contributed by atoms with Gasteiger partial charge in [0.05, 0.1) is 11.6 Å². The zero-order valence-electron chi connectivity index (χ0n) is 14.5. The van der Waals surface area contributed by atoms with Crippen LogP contribution in [0.3, 0.4) is 0 Å². The first-order valence-corrected chi connectivity index (χ1v) is 8.29. The number of amides is 1. The van der Waals surface area contributed by atoms with Crippen molar-refractivity contribution in [1.29, 1.82) is 0 Å². The van der Waals surface area contributed by atoms with E-state index in [1.165, 1.54) is 17.7 Å². The van der Waals surface area contributed by atoms with Crippen LogP contribution in [0.2, 0.25) is 0 Å². The van der Waals surface area contributed by atoms with E-state index in [1.807, 2.05) is 38.1 Å². The lowest BCUT2D eigenvalue weighted by Crippen LogP contribution is -2.31. The van der Waals surface area contributed by atoms with Crippen LogP contribution in [0.25, 0.3) is 0 Å². The van der Waals surface area contributed by atoms with E-state index in [0.717, 1.165) is 24.1 Å². The number of alkyl halides is 3. The van der Waals surface area contributed by atoms with Crippen LogP contribution < -0.4 is 5.32 Å². The van der Waals surface area contributed by atoms with Crippen LogP contribution in [0.5, 0.6) is 0 Å². The normalized spacial score (nSPS) is 12.9. The molecule has 1 N–H and O–H groups in total. The molecule has 2 nitrogen and oxygen atoms in total. The van der Waals surface area contributed by atoms with Crippen molar-refractivity contribution < 1.29 is 18.0 Å². The first kappa shape index (κ1) is 19.0. The Bertz CT molecular complexity index is 703. The third kappa shape index (κ3) is 4.84. The van der Waals surface area contributed by atoms with Crippen LogP contribution in [0.4, 0.5) is 13.2 Å². The molecule has 134 valence electrons. The highest BCUT2D eigenvalue weighted by atomic mass is 19.4. The highest BCUT2D eigenvalue weighted by Crippen LogP contribution is 2.29. The lowest BCUT2D eigenvalue weighted by molar-refractivity contribution is -0.137. The van der Waals surface area contributed by atoms with E-state index in [1.54, 1.807) is 0 Å².